The summed E-state index contributed by atoms with van der Waals surface area (Å²) >= 11 is 0. The third kappa shape index (κ3) is 2.03. The van der Waals surface area contributed by atoms with Crippen LogP contribution < -0.4 is 10.5 Å². The number of hydrogen-bond donors (Lipinski definition) is 1. The van der Waals surface area contributed by atoms with Gasteiger partial charge in [-0.1, -0.05) is 31.2 Å². The van der Waals surface area contributed by atoms with E-state index < -0.39 is 0 Å². The van der Waals surface area contributed by atoms with E-state index in [-0.39, 0.29) is 0 Å². The summed E-state index contributed by atoms with van der Waals surface area (Å²) in [4.78, 5) is 4.70. The Morgan fingerprint density at radius 3 is 2.48 bits per heavy atom. The molecule has 0 saturated heterocycles. The molecule has 3 rings (SSSR count). The standard InChI is InChI=1S/C17H19N3O/c1-4-15-19-16(17(18)20(15)2)13-9-10-14(21-3)12-8-6-5-7-11(12)13/h5-10H,4,18H2,1-3H3. The minimum atomic E-state index is 0.696. The summed E-state index contributed by atoms with van der Waals surface area (Å²) in [6, 6.07) is 12.2. The molecule has 1 heterocycles. The average molecular weight is 281 g/mol. The van der Waals surface area contributed by atoms with Gasteiger partial charge in [0.25, 0.3) is 0 Å². The molecular formula is C17H19N3O. The van der Waals surface area contributed by atoms with Gasteiger partial charge in [-0.15, -0.1) is 0 Å². The zero-order valence-corrected chi connectivity index (χ0v) is 12.6. The second-order valence-electron chi connectivity index (χ2n) is 5.04. The van der Waals surface area contributed by atoms with Crippen LogP contribution in [0.5, 0.6) is 5.75 Å². The molecule has 0 spiro atoms. The van der Waals surface area contributed by atoms with Gasteiger partial charge in [-0.3, -0.25) is 0 Å². The molecule has 0 bridgehead atoms. The normalized spacial score (nSPS) is 11.0. The number of imidazole rings is 1. The van der Waals surface area contributed by atoms with Crippen molar-refractivity contribution in [1.82, 2.24) is 9.55 Å². The van der Waals surface area contributed by atoms with Crippen molar-refractivity contribution in [2.75, 3.05) is 12.8 Å². The van der Waals surface area contributed by atoms with Crippen LogP contribution in [0.15, 0.2) is 36.4 Å². The summed E-state index contributed by atoms with van der Waals surface area (Å²) in [6.45, 7) is 2.08. The van der Waals surface area contributed by atoms with Crippen LogP contribution in [0.4, 0.5) is 5.82 Å². The van der Waals surface area contributed by atoms with Crippen LogP contribution in [-0.2, 0) is 13.5 Å². The highest BCUT2D eigenvalue weighted by atomic mass is 16.5. The summed E-state index contributed by atoms with van der Waals surface area (Å²) in [5, 5.41) is 2.17. The molecule has 0 radical (unpaired) electrons. The van der Waals surface area contributed by atoms with Gasteiger partial charge in [0.05, 0.1) is 7.11 Å². The summed E-state index contributed by atoms with van der Waals surface area (Å²) in [6.07, 6.45) is 0.856. The number of aryl methyl sites for hydroxylation is 1. The molecule has 4 nitrogen and oxygen atoms in total. The van der Waals surface area contributed by atoms with E-state index in [2.05, 4.69) is 19.1 Å². The molecule has 3 aromatic rings. The maximum atomic E-state index is 6.24. The maximum Gasteiger partial charge on any atom is 0.131 e. The van der Waals surface area contributed by atoms with Crippen LogP contribution in [0.1, 0.15) is 12.7 Å². The lowest BCUT2D eigenvalue weighted by Crippen LogP contribution is -2.00. The summed E-state index contributed by atoms with van der Waals surface area (Å²) in [7, 11) is 3.64. The first-order valence-corrected chi connectivity index (χ1v) is 7.04. The zero-order chi connectivity index (χ0) is 15.0. The van der Waals surface area contributed by atoms with Crippen molar-refractivity contribution in [3.8, 4) is 17.0 Å². The van der Waals surface area contributed by atoms with Gasteiger partial charge in [0, 0.05) is 24.4 Å². The van der Waals surface area contributed by atoms with Gasteiger partial charge in [-0.05, 0) is 17.5 Å². The molecule has 2 aromatic carbocycles. The van der Waals surface area contributed by atoms with Crippen LogP contribution in [-0.4, -0.2) is 16.7 Å². The Bertz CT molecular complexity index is 805. The van der Waals surface area contributed by atoms with E-state index in [1.54, 1.807) is 7.11 Å². The summed E-state index contributed by atoms with van der Waals surface area (Å²) in [5.74, 6) is 2.55. The van der Waals surface area contributed by atoms with Gasteiger partial charge in [-0.25, -0.2) is 4.98 Å². The maximum absolute atomic E-state index is 6.24. The highest BCUT2D eigenvalue weighted by Crippen LogP contribution is 2.36. The van der Waals surface area contributed by atoms with Crippen molar-refractivity contribution < 1.29 is 4.74 Å². The van der Waals surface area contributed by atoms with Crippen molar-refractivity contribution in [3.63, 3.8) is 0 Å². The van der Waals surface area contributed by atoms with Crippen molar-refractivity contribution in [2.45, 2.75) is 13.3 Å². The van der Waals surface area contributed by atoms with Crippen LogP contribution in [0.2, 0.25) is 0 Å². The van der Waals surface area contributed by atoms with Crippen molar-refractivity contribution in [2.24, 2.45) is 7.05 Å². The number of nitrogens with two attached hydrogens (primary N) is 1. The first-order chi connectivity index (χ1) is 10.2. The van der Waals surface area contributed by atoms with Gasteiger partial charge in [0.1, 0.15) is 23.1 Å². The fraction of sp³-hybridized carbons (Fsp3) is 0.235. The average Bonchev–Trinajstić information content (AvgIpc) is 2.81. The largest absolute Gasteiger partial charge is 0.496 e. The molecule has 0 aliphatic heterocycles. The number of nitrogens with zero attached hydrogens (tertiary/aromatic N) is 2. The number of nitrogen functional groups attached to an aromatic ring is 1. The minimum absolute atomic E-state index is 0.696. The van der Waals surface area contributed by atoms with Gasteiger partial charge >= 0.3 is 0 Å². The fourth-order valence-electron chi connectivity index (χ4n) is 2.73. The lowest BCUT2D eigenvalue weighted by Gasteiger charge is -2.09. The topological polar surface area (TPSA) is 53.1 Å². The third-order valence-electron chi connectivity index (χ3n) is 3.91. The van der Waals surface area contributed by atoms with Gasteiger partial charge in [-0.2, -0.15) is 0 Å². The quantitative estimate of drug-likeness (QED) is 0.800. The lowest BCUT2D eigenvalue weighted by molar-refractivity contribution is 0.420. The first kappa shape index (κ1) is 13.5. The van der Waals surface area contributed by atoms with E-state index in [1.807, 2.05) is 35.9 Å². The number of rotatable bonds is 3. The second-order valence-corrected chi connectivity index (χ2v) is 5.04. The Morgan fingerprint density at radius 2 is 1.86 bits per heavy atom. The number of methoxy groups -OCH3 is 1. The molecule has 0 aliphatic carbocycles. The molecule has 1 aromatic heterocycles. The Morgan fingerprint density at radius 1 is 1.14 bits per heavy atom. The van der Waals surface area contributed by atoms with E-state index in [0.29, 0.717) is 5.82 Å². The molecule has 4 heteroatoms. The molecule has 2 N–H and O–H groups in total. The van der Waals surface area contributed by atoms with Crippen molar-refractivity contribution in [1.29, 1.82) is 0 Å². The van der Waals surface area contributed by atoms with Crippen LogP contribution in [0.3, 0.4) is 0 Å². The fourth-order valence-corrected chi connectivity index (χ4v) is 2.73. The number of anilines is 1. The number of aromatic nitrogens is 2. The molecule has 0 fully saturated rings. The molecule has 0 atom stereocenters. The second kappa shape index (κ2) is 5.13. The Labute approximate surface area is 124 Å². The highest BCUT2D eigenvalue weighted by Gasteiger charge is 2.16. The molecular weight excluding hydrogens is 262 g/mol. The molecule has 0 amide bonds. The number of hydrogen-bond acceptors (Lipinski definition) is 3. The van der Waals surface area contributed by atoms with Crippen LogP contribution >= 0.6 is 0 Å². The van der Waals surface area contributed by atoms with E-state index in [4.69, 9.17) is 15.5 Å². The van der Waals surface area contributed by atoms with Gasteiger partial charge < -0.3 is 15.0 Å². The third-order valence-corrected chi connectivity index (χ3v) is 3.91. The molecule has 21 heavy (non-hydrogen) atoms. The van der Waals surface area contributed by atoms with E-state index in [1.165, 1.54) is 0 Å². The molecule has 0 unspecified atom stereocenters. The van der Waals surface area contributed by atoms with Crippen molar-refractivity contribution >= 4 is 16.6 Å². The number of benzene rings is 2. The first-order valence-electron chi connectivity index (χ1n) is 7.04. The van der Waals surface area contributed by atoms with E-state index in [0.717, 1.165) is 40.0 Å². The Balaban J connectivity index is 2.31. The minimum Gasteiger partial charge on any atom is -0.496 e. The summed E-state index contributed by atoms with van der Waals surface area (Å²) in [5.41, 5.74) is 8.12. The molecule has 0 saturated carbocycles. The smallest absolute Gasteiger partial charge is 0.131 e. The van der Waals surface area contributed by atoms with E-state index in [9.17, 15) is 0 Å². The highest BCUT2D eigenvalue weighted by molar-refractivity contribution is 6.01. The van der Waals surface area contributed by atoms with Gasteiger partial charge in [0.15, 0.2) is 0 Å². The summed E-state index contributed by atoms with van der Waals surface area (Å²) < 4.78 is 7.39. The predicted octanol–water partition coefficient (Wildman–Crippen LogP) is 3.39. The van der Waals surface area contributed by atoms with E-state index >= 15 is 0 Å². The Kier molecular flexibility index (Phi) is 3.29. The lowest BCUT2D eigenvalue weighted by atomic mass is 10.0. The SMILES string of the molecule is CCc1nc(-c2ccc(OC)c3ccccc23)c(N)n1C. The number of fused-ring (bicyclic) bond motifs is 1. The van der Waals surface area contributed by atoms with Crippen molar-refractivity contribution in [3.05, 3.63) is 42.2 Å². The molecule has 108 valence electrons. The van der Waals surface area contributed by atoms with Crippen LogP contribution in [0.25, 0.3) is 22.0 Å². The Hall–Kier alpha value is -2.49. The van der Waals surface area contributed by atoms with Gasteiger partial charge in [0.2, 0.25) is 0 Å². The zero-order valence-electron chi connectivity index (χ0n) is 12.6. The molecule has 0 aliphatic rings. The number of ether oxygens (including phenoxy) is 1. The monoisotopic (exact) mass is 281 g/mol. The predicted molar refractivity (Wildman–Crippen MR) is 86.5 cm³/mol. The van der Waals surface area contributed by atoms with Crippen LogP contribution in [0, 0.1) is 0 Å².